The second-order valence-corrected chi connectivity index (χ2v) is 7.72. The van der Waals surface area contributed by atoms with Crippen molar-refractivity contribution < 1.29 is 0 Å². The summed E-state index contributed by atoms with van der Waals surface area (Å²) in [6, 6.07) is 5.07. The van der Waals surface area contributed by atoms with Crippen LogP contribution in [0.5, 0.6) is 0 Å². The van der Waals surface area contributed by atoms with Gasteiger partial charge in [-0.25, -0.2) is 0 Å². The van der Waals surface area contributed by atoms with Gasteiger partial charge in [-0.3, -0.25) is 0 Å². The molecule has 1 aliphatic heterocycles. The highest BCUT2D eigenvalue weighted by Gasteiger charge is 2.37. The molecular weight excluding hydrogens is 246 g/mol. The fourth-order valence-corrected chi connectivity index (χ4v) is 4.69. The van der Waals surface area contributed by atoms with E-state index in [0.29, 0.717) is 10.8 Å². The van der Waals surface area contributed by atoms with Crippen molar-refractivity contribution in [3.8, 4) is 0 Å². The Morgan fingerprint density at radius 3 is 3.00 bits per heavy atom. The van der Waals surface area contributed by atoms with E-state index in [1.54, 1.807) is 0 Å². The van der Waals surface area contributed by atoms with Gasteiger partial charge in [-0.15, -0.1) is 11.3 Å². The lowest BCUT2D eigenvalue weighted by Crippen LogP contribution is -2.46. The first kappa shape index (κ1) is 13.4. The minimum atomic E-state index is 0.444. The molecule has 0 bridgehead atoms. The molecule has 2 atom stereocenters. The van der Waals surface area contributed by atoms with Crippen LogP contribution in [-0.2, 0) is 6.42 Å². The molecule has 17 heavy (non-hydrogen) atoms. The van der Waals surface area contributed by atoms with Crippen LogP contribution in [0.15, 0.2) is 17.5 Å². The third-order valence-electron chi connectivity index (χ3n) is 3.61. The Hall–Kier alpha value is 0.01000. The van der Waals surface area contributed by atoms with Gasteiger partial charge in [0.05, 0.1) is 0 Å². The molecular formula is C14H23NS2. The molecule has 1 nitrogen and oxygen atoms in total. The predicted molar refractivity (Wildman–Crippen MR) is 80.2 cm³/mol. The van der Waals surface area contributed by atoms with Crippen LogP contribution in [0.25, 0.3) is 0 Å². The Bertz CT molecular complexity index is 315. The molecule has 1 fully saturated rings. The molecule has 1 aromatic rings. The van der Waals surface area contributed by atoms with Crippen LogP contribution in [0.3, 0.4) is 0 Å². The van der Waals surface area contributed by atoms with E-state index in [-0.39, 0.29) is 0 Å². The Labute approximate surface area is 113 Å². The third kappa shape index (κ3) is 3.49. The van der Waals surface area contributed by atoms with Crippen LogP contribution in [0.2, 0.25) is 0 Å². The van der Waals surface area contributed by atoms with Crippen LogP contribution < -0.4 is 5.32 Å². The molecule has 1 N–H and O–H groups in total. The van der Waals surface area contributed by atoms with Gasteiger partial charge in [0, 0.05) is 15.7 Å². The fourth-order valence-electron chi connectivity index (χ4n) is 2.53. The number of thioether (sulfide) groups is 1. The highest BCUT2D eigenvalue weighted by Crippen LogP contribution is 2.41. The topological polar surface area (TPSA) is 12.0 Å². The van der Waals surface area contributed by atoms with E-state index in [9.17, 15) is 0 Å². The summed E-state index contributed by atoms with van der Waals surface area (Å²) in [7, 11) is 0. The molecule has 1 aromatic heterocycles. The van der Waals surface area contributed by atoms with E-state index in [0.717, 1.165) is 6.54 Å². The molecule has 0 radical (unpaired) electrons. The zero-order chi connectivity index (χ0) is 12.1. The van der Waals surface area contributed by atoms with E-state index in [2.05, 4.69) is 48.4 Å². The van der Waals surface area contributed by atoms with Gasteiger partial charge in [0.2, 0.25) is 0 Å². The molecule has 0 spiro atoms. The molecule has 0 amide bonds. The highest BCUT2D eigenvalue weighted by molar-refractivity contribution is 8.00. The van der Waals surface area contributed by atoms with Crippen molar-refractivity contribution in [1.82, 2.24) is 5.32 Å². The van der Waals surface area contributed by atoms with E-state index in [1.165, 1.54) is 36.3 Å². The molecule has 2 heterocycles. The second-order valence-electron chi connectivity index (χ2n) is 5.05. The minimum absolute atomic E-state index is 0.444. The number of hydrogen-bond acceptors (Lipinski definition) is 3. The summed E-state index contributed by atoms with van der Waals surface area (Å²) < 4.78 is 0.444. The number of thiophene rings is 1. The van der Waals surface area contributed by atoms with Gasteiger partial charge in [0.1, 0.15) is 0 Å². The third-order valence-corrected chi connectivity index (χ3v) is 6.15. The fraction of sp³-hybridized carbons (Fsp3) is 0.714. The van der Waals surface area contributed by atoms with Crippen molar-refractivity contribution in [3.63, 3.8) is 0 Å². The first-order valence-electron chi connectivity index (χ1n) is 6.64. The predicted octanol–water partition coefficient (Wildman–Crippen LogP) is 3.94. The van der Waals surface area contributed by atoms with Crippen molar-refractivity contribution in [2.75, 3.05) is 12.3 Å². The van der Waals surface area contributed by atoms with Gasteiger partial charge in [0.25, 0.3) is 0 Å². The van der Waals surface area contributed by atoms with Crippen LogP contribution >= 0.6 is 23.1 Å². The van der Waals surface area contributed by atoms with Gasteiger partial charge >= 0.3 is 0 Å². The van der Waals surface area contributed by atoms with Crippen LogP contribution in [-0.4, -0.2) is 23.1 Å². The molecule has 0 saturated carbocycles. The monoisotopic (exact) mass is 269 g/mol. The molecule has 1 aliphatic rings. The van der Waals surface area contributed by atoms with Crippen molar-refractivity contribution in [1.29, 1.82) is 0 Å². The van der Waals surface area contributed by atoms with Crippen molar-refractivity contribution >= 4 is 23.1 Å². The lowest BCUT2D eigenvalue weighted by atomic mass is 9.93. The van der Waals surface area contributed by atoms with Gasteiger partial charge in [0.15, 0.2) is 0 Å². The standard InChI is InChI=1S/C14H23NS2/c1-3-8-15-13(11-12-6-4-9-16-12)14(2)7-5-10-17-14/h4,6,9,13,15H,3,5,7-8,10-11H2,1-2H3. The summed E-state index contributed by atoms with van der Waals surface area (Å²) in [6.07, 6.45) is 5.17. The average Bonchev–Trinajstić information content (AvgIpc) is 2.96. The summed E-state index contributed by atoms with van der Waals surface area (Å²) in [5.41, 5.74) is 0. The van der Waals surface area contributed by atoms with Crippen molar-refractivity contribution in [2.45, 2.75) is 50.3 Å². The largest absolute Gasteiger partial charge is 0.312 e. The Kier molecular flexibility index (Phi) is 4.95. The summed E-state index contributed by atoms with van der Waals surface area (Å²) in [5.74, 6) is 1.34. The maximum Gasteiger partial charge on any atom is 0.0288 e. The van der Waals surface area contributed by atoms with Gasteiger partial charge in [-0.05, 0) is 56.4 Å². The summed E-state index contributed by atoms with van der Waals surface area (Å²) in [5, 5.41) is 5.97. The van der Waals surface area contributed by atoms with E-state index >= 15 is 0 Å². The number of rotatable bonds is 6. The zero-order valence-electron chi connectivity index (χ0n) is 10.9. The van der Waals surface area contributed by atoms with Gasteiger partial charge < -0.3 is 5.32 Å². The first-order chi connectivity index (χ1) is 8.24. The summed E-state index contributed by atoms with van der Waals surface area (Å²) in [4.78, 5) is 1.52. The molecule has 1 saturated heterocycles. The quantitative estimate of drug-likeness (QED) is 0.839. The number of nitrogens with one attached hydrogen (secondary N) is 1. The molecule has 0 aliphatic carbocycles. The molecule has 2 rings (SSSR count). The summed E-state index contributed by atoms with van der Waals surface area (Å²) >= 11 is 4.06. The molecule has 2 unspecified atom stereocenters. The maximum atomic E-state index is 3.78. The Morgan fingerprint density at radius 1 is 1.53 bits per heavy atom. The summed E-state index contributed by atoms with van der Waals surface area (Å²) in [6.45, 7) is 5.84. The normalized spacial score (nSPS) is 26.2. The smallest absolute Gasteiger partial charge is 0.0288 e. The lowest BCUT2D eigenvalue weighted by Gasteiger charge is -2.34. The zero-order valence-corrected chi connectivity index (χ0v) is 12.5. The van der Waals surface area contributed by atoms with Crippen LogP contribution in [0, 0.1) is 0 Å². The molecule has 3 heteroatoms. The Balaban J connectivity index is 2.02. The average molecular weight is 269 g/mol. The van der Waals surface area contributed by atoms with Crippen LogP contribution in [0.1, 0.15) is 38.0 Å². The molecule has 0 aromatic carbocycles. The van der Waals surface area contributed by atoms with Crippen LogP contribution in [0.4, 0.5) is 0 Å². The van der Waals surface area contributed by atoms with Gasteiger partial charge in [-0.1, -0.05) is 13.0 Å². The van der Waals surface area contributed by atoms with E-state index < -0.39 is 0 Å². The second kappa shape index (κ2) is 6.26. The van der Waals surface area contributed by atoms with Crippen molar-refractivity contribution in [3.05, 3.63) is 22.4 Å². The SMILES string of the molecule is CCCNC(Cc1cccs1)C1(C)CCCS1. The van der Waals surface area contributed by atoms with Crippen molar-refractivity contribution in [2.24, 2.45) is 0 Å². The minimum Gasteiger partial charge on any atom is -0.312 e. The molecule has 96 valence electrons. The maximum absolute atomic E-state index is 3.78. The first-order valence-corrected chi connectivity index (χ1v) is 8.51. The Morgan fingerprint density at radius 2 is 2.41 bits per heavy atom. The lowest BCUT2D eigenvalue weighted by molar-refractivity contribution is 0.400. The van der Waals surface area contributed by atoms with E-state index in [1.807, 2.05) is 11.3 Å². The highest BCUT2D eigenvalue weighted by atomic mass is 32.2. The number of hydrogen-bond donors (Lipinski definition) is 1. The van der Waals surface area contributed by atoms with E-state index in [4.69, 9.17) is 0 Å². The van der Waals surface area contributed by atoms with Gasteiger partial charge in [-0.2, -0.15) is 11.8 Å².